The maximum absolute atomic E-state index is 13.1. The van der Waals surface area contributed by atoms with E-state index in [1.165, 1.54) is 0 Å². The van der Waals surface area contributed by atoms with Gasteiger partial charge in [0.1, 0.15) is 5.65 Å². The van der Waals surface area contributed by atoms with E-state index in [1.54, 1.807) is 12.4 Å². The quantitative estimate of drug-likeness (QED) is 0.745. The number of pyridine rings is 1. The SMILES string of the molecule is O=C(c1cccn2ccnc12)N1CCCC[C@H]1Cn1cccn1. The van der Waals surface area contributed by atoms with E-state index < -0.39 is 0 Å². The van der Waals surface area contributed by atoms with Gasteiger partial charge in [0, 0.05) is 37.5 Å². The molecule has 0 bridgehead atoms. The van der Waals surface area contributed by atoms with Gasteiger partial charge >= 0.3 is 0 Å². The lowest BCUT2D eigenvalue weighted by Crippen LogP contribution is -2.46. The van der Waals surface area contributed by atoms with E-state index >= 15 is 0 Å². The Morgan fingerprint density at radius 2 is 2.13 bits per heavy atom. The number of hydrogen-bond acceptors (Lipinski definition) is 3. The van der Waals surface area contributed by atoms with Gasteiger partial charge in [-0.3, -0.25) is 9.48 Å². The molecule has 1 aliphatic rings. The summed E-state index contributed by atoms with van der Waals surface area (Å²) in [7, 11) is 0. The predicted molar refractivity (Wildman–Crippen MR) is 86.1 cm³/mol. The molecule has 4 rings (SSSR count). The van der Waals surface area contributed by atoms with Crippen molar-refractivity contribution in [1.29, 1.82) is 0 Å². The zero-order valence-corrected chi connectivity index (χ0v) is 12.9. The second kappa shape index (κ2) is 5.87. The third kappa shape index (κ3) is 2.60. The van der Waals surface area contributed by atoms with Crippen molar-refractivity contribution in [1.82, 2.24) is 24.1 Å². The number of nitrogens with zero attached hydrogens (tertiary/aromatic N) is 5. The van der Waals surface area contributed by atoms with E-state index in [0.29, 0.717) is 5.56 Å². The van der Waals surface area contributed by atoms with Gasteiger partial charge in [-0.1, -0.05) is 0 Å². The minimum atomic E-state index is 0.0682. The summed E-state index contributed by atoms with van der Waals surface area (Å²) in [5, 5.41) is 4.28. The largest absolute Gasteiger partial charge is 0.334 e. The molecule has 118 valence electrons. The highest BCUT2D eigenvalue weighted by atomic mass is 16.2. The smallest absolute Gasteiger partial charge is 0.257 e. The minimum absolute atomic E-state index is 0.0682. The average molecular weight is 309 g/mol. The van der Waals surface area contributed by atoms with Crippen molar-refractivity contribution in [3.63, 3.8) is 0 Å². The Bertz CT molecular complexity index is 807. The number of rotatable bonds is 3. The van der Waals surface area contributed by atoms with Gasteiger partial charge in [0.2, 0.25) is 0 Å². The molecular formula is C17H19N5O. The molecule has 1 amide bonds. The van der Waals surface area contributed by atoms with Gasteiger partial charge in [0.15, 0.2) is 0 Å². The predicted octanol–water partition coefficient (Wildman–Crippen LogP) is 2.23. The fraction of sp³-hybridized carbons (Fsp3) is 0.353. The van der Waals surface area contributed by atoms with E-state index in [2.05, 4.69) is 10.1 Å². The third-order valence-corrected chi connectivity index (χ3v) is 4.49. The molecule has 6 heteroatoms. The topological polar surface area (TPSA) is 55.4 Å². The summed E-state index contributed by atoms with van der Waals surface area (Å²) in [6.07, 6.45) is 12.5. The molecule has 0 unspecified atom stereocenters. The summed E-state index contributed by atoms with van der Waals surface area (Å²) in [4.78, 5) is 19.4. The number of amides is 1. The third-order valence-electron chi connectivity index (χ3n) is 4.49. The van der Waals surface area contributed by atoms with Crippen LogP contribution in [-0.4, -0.2) is 42.6 Å². The second-order valence-electron chi connectivity index (χ2n) is 5.96. The Balaban J connectivity index is 1.63. The van der Waals surface area contributed by atoms with Crippen molar-refractivity contribution >= 4 is 11.6 Å². The Hall–Kier alpha value is -2.63. The molecule has 0 N–H and O–H groups in total. The molecule has 4 heterocycles. The zero-order valence-electron chi connectivity index (χ0n) is 12.9. The molecule has 1 atom stereocenters. The van der Waals surface area contributed by atoms with Gasteiger partial charge in [0.05, 0.1) is 18.2 Å². The van der Waals surface area contributed by atoms with Crippen LogP contribution in [-0.2, 0) is 6.54 Å². The van der Waals surface area contributed by atoms with Gasteiger partial charge in [-0.2, -0.15) is 5.10 Å². The highest BCUT2D eigenvalue weighted by Crippen LogP contribution is 2.22. The number of piperidine rings is 1. The van der Waals surface area contributed by atoms with Gasteiger partial charge < -0.3 is 9.30 Å². The standard InChI is InChI=1S/C17H19N5O/c23-17(15-6-3-9-20-12-8-18-16(15)20)22-11-2-1-5-14(22)13-21-10-4-7-19-21/h3-4,6-10,12,14H,1-2,5,11,13H2/t14-/m0/s1. The van der Waals surface area contributed by atoms with Crippen LogP contribution < -0.4 is 0 Å². The normalized spacial score (nSPS) is 18.4. The molecular weight excluding hydrogens is 290 g/mol. The summed E-state index contributed by atoms with van der Waals surface area (Å²) < 4.78 is 3.80. The van der Waals surface area contributed by atoms with E-state index in [4.69, 9.17) is 0 Å². The summed E-state index contributed by atoms with van der Waals surface area (Å²) in [5.74, 6) is 0.0682. The van der Waals surface area contributed by atoms with Crippen LogP contribution in [0.5, 0.6) is 0 Å². The molecule has 6 nitrogen and oxygen atoms in total. The summed E-state index contributed by atoms with van der Waals surface area (Å²) in [6, 6.07) is 5.87. The lowest BCUT2D eigenvalue weighted by Gasteiger charge is -2.35. The first-order valence-electron chi connectivity index (χ1n) is 8.03. The second-order valence-corrected chi connectivity index (χ2v) is 5.96. The van der Waals surface area contributed by atoms with E-state index in [0.717, 1.165) is 38.0 Å². The average Bonchev–Trinajstić information content (AvgIpc) is 3.25. The van der Waals surface area contributed by atoms with Gasteiger partial charge in [-0.25, -0.2) is 4.98 Å². The monoisotopic (exact) mass is 309 g/mol. The van der Waals surface area contributed by atoms with Crippen molar-refractivity contribution < 1.29 is 4.79 Å². The molecule has 0 aromatic carbocycles. The van der Waals surface area contributed by atoms with Gasteiger partial charge in [-0.15, -0.1) is 0 Å². The summed E-state index contributed by atoms with van der Waals surface area (Å²) in [6.45, 7) is 1.54. The molecule has 0 spiro atoms. The Labute approximate surface area is 134 Å². The van der Waals surface area contributed by atoms with E-state index in [9.17, 15) is 4.79 Å². The van der Waals surface area contributed by atoms with Crippen LogP contribution in [0.3, 0.4) is 0 Å². The van der Waals surface area contributed by atoms with Crippen LogP contribution >= 0.6 is 0 Å². The first-order valence-corrected chi connectivity index (χ1v) is 8.03. The number of likely N-dealkylation sites (tertiary alicyclic amines) is 1. The number of carbonyl (C=O) groups excluding carboxylic acids is 1. The number of hydrogen-bond donors (Lipinski definition) is 0. The van der Waals surface area contributed by atoms with Gasteiger partial charge in [-0.05, 0) is 37.5 Å². The van der Waals surface area contributed by atoms with Crippen molar-refractivity contribution in [2.24, 2.45) is 0 Å². The van der Waals surface area contributed by atoms with Gasteiger partial charge in [0.25, 0.3) is 5.91 Å². The number of aromatic nitrogens is 4. The molecule has 0 radical (unpaired) electrons. The van der Waals surface area contributed by atoms with Crippen molar-refractivity contribution in [2.45, 2.75) is 31.8 Å². The highest BCUT2D eigenvalue weighted by Gasteiger charge is 2.29. The Morgan fingerprint density at radius 1 is 1.17 bits per heavy atom. The molecule has 1 aliphatic heterocycles. The van der Waals surface area contributed by atoms with Crippen molar-refractivity contribution in [2.75, 3.05) is 6.54 Å². The number of fused-ring (bicyclic) bond motifs is 1. The lowest BCUT2D eigenvalue weighted by molar-refractivity contribution is 0.0585. The van der Waals surface area contributed by atoms with E-state index in [-0.39, 0.29) is 11.9 Å². The summed E-state index contributed by atoms with van der Waals surface area (Å²) >= 11 is 0. The highest BCUT2D eigenvalue weighted by molar-refractivity contribution is 6.00. The van der Waals surface area contributed by atoms with Crippen molar-refractivity contribution in [3.8, 4) is 0 Å². The Morgan fingerprint density at radius 3 is 3.00 bits per heavy atom. The fourth-order valence-corrected chi connectivity index (χ4v) is 3.35. The first kappa shape index (κ1) is 14.0. The fourth-order valence-electron chi connectivity index (χ4n) is 3.35. The molecule has 3 aromatic heterocycles. The number of imidazole rings is 1. The van der Waals surface area contributed by atoms with Crippen LogP contribution in [0.4, 0.5) is 0 Å². The van der Waals surface area contributed by atoms with Crippen LogP contribution in [0.1, 0.15) is 29.6 Å². The molecule has 23 heavy (non-hydrogen) atoms. The minimum Gasteiger partial charge on any atom is -0.334 e. The maximum atomic E-state index is 13.1. The molecule has 1 saturated heterocycles. The van der Waals surface area contributed by atoms with Crippen LogP contribution in [0.15, 0.2) is 49.2 Å². The lowest BCUT2D eigenvalue weighted by atomic mass is 10.0. The maximum Gasteiger partial charge on any atom is 0.257 e. The first-order chi connectivity index (χ1) is 11.3. The molecule has 0 saturated carbocycles. The van der Waals surface area contributed by atoms with Crippen LogP contribution in [0.2, 0.25) is 0 Å². The van der Waals surface area contributed by atoms with Crippen molar-refractivity contribution in [3.05, 3.63) is 54.7 Å². The zero-order chi connectivity index (χ0) is 15.6. The van der Waals surface area contributed by atoms with Crippen LogP contribution in [0, 0.1) is 0 Å². The van der Waals surface area contributed by atoms with Crippen LogP contribution in [0.25, 0.3) is 5.65 Å². The summed E-state index contributed by atoms with van der Waals surface area (Å²) in [5.41, 5.74) is 1.39. The number of carbonyl (C=O) groups is 1. The molecule has 3 aromatic rings. The molecule has 0 aliphatic carbocycles. The Kier molecular flexibility index (Phi) is 3.57. The molecule has 1 fully saturated rings. The van der Waals surface area contributed by atoms with E-state index in [1.807, 2.05) is 50.8 Å².